The standard InChI is InChI=1S/C10H11FN2O4/c1-2-7(10(14)15)12-8-4-3-6(11)5-9(8)13(16)17/h3-5,7,12H,2H2,1H3,(H,14,15)/t7-/m1/s1. The molecule has 0 aliphatic rings. The summed E-state index contributed by atoms with van der Waals surface area (Å²) in [4.78, 5) is 20.7. The maximum atomic E-state index is 12.8. The minimum atomic E-state index is -1.12. The number of carboxylic acid groups (broad SMARTS) is 1. The predicted molar refractivity (Wildman–Crippen MR) is 58.4 cm³/mol. The van der Waals surface area contributed by atoms with Gasteiger partial charge in [0.1, 0.15) is 17.5 Å². The molecule has 1 aromatic rings. The van der Waals surface area contributed by atoms with E-state index >= 15 is 0 Å². The Morgan fingerprint density at radius 3 is 2.76 bits per heavy atom. The van der Waals surface area contributed by atoms with Crippen LogP contribution in [-0.4, -0.2) is 22.0 Å². The van der Waals surface area contributed by atoms with E-state index < -0.39 is 28.4 Å². The van der Waals surface area contributed by atoms with Gasteiger partial charge in [-0.2, -0.15) is 0 Å². The molecule has 1 rings (SSSR count). The molecule has 0 radical (unpaired) electrons. The largest absolute Gasteiger partial charge is 0.480 e. The van der Waals surface area contributed by atoms with Crippen molar-refractivity contribution in [3.63, 3.8) is 0 Å². The van der Waals surface area contributed by atoms with Crippen LogP contribution in [0, 0.1) is 15.9 Å². The normalized spacial score (nSPS) is 11.9. The first-order valence-corrected chi connectivity index (χ1v) is 4.89. The highest BCUT2D eigenvalue weighted by Crippen LogP contribution is 2.25. The third-order valence-electron chi connectivity index (χ3n) is 2.19. The van der Waals surface area contributed by atoms with E-state index in [1.165, 1.54) is 0 Å². The molecule has 0 bridgehead atoms. The highest BCUT2D eigenvalue weighted by Gasteiger charge is 2.20. The van der Waals surface area contributed by atoms with Gasteiger partial charge in [-0.3, -0.25) is 10.1 Å². The van der Waals surface area contributed by atoms with Gasteiger partial charge in [-0.1, -0.05) is 6.92 Å². The lowest BCUT2D eigenvalue weighted by atomic mass is 10.2. The van der Waals surface area contributed by atoms with E-state index in [9.17, 15) is 19.3 Å². The van der Waals surface area contributed by atoms with E-state index in [4.69, 9.17) is 5.11 Å². The Hall–Kier alpha value is -2.18. The van der Waals surface area contributed by atoms with E-state index in [0.29, 0.717) is 0 Å². The fourth-order valence-corrected chi connectivity index (χ4v) is 1.30. The van der Waals surface area contributed by atoms with Crippen LogP contribution in [-0.2, 0) is 4.79 Å². The smallest absolute Gasteiger partial charge is 0.326 e. The maximum Gasteiger partial charge on any atom is 0.326 e. The topological polar surface area (TPSA) is 92.5 Å². The number of hydrogen-bond acceptors (Lipinski definition) is 4. The zero-order valence-corrected chi connectivity index (χ0v) is 9.01. The van der Waals surface area contributed by atoms with Crippen molar-refractivity contribution in [2.24, 2.45) is 0 Å². The Morgan fingerprint density at radius 1 is 1.65 bits per heavy atom. The molecule has 0 spiro atoms. The van der Waals surface area contributed by atoms with E-state index in [1.807, 2.05) is 0 Å². The first-order chi connectivity index (χ1) is 7.95. The third-order valence-corrected chi connectivity index (χ3v) is 2.19. The van der Waals surface area contributed by atoms with E-state index in [1.54, 1.807) is 6.92 Å². The second-order valence-electron chi connectivity index (χ2n) is 3.36. The number of carbonyl (C=O) groups is 1. The Balaban J connectivity index is 3.05. The maximum absolute atomic E-state index is 12.8. The van der Waals surface area contributed by atoms with Crippen LogP contribution in [0.25, 0.3) is 0 Å². The van der Waals surface area contributed by atoms with Crippen LogP contribution in [0.1, 0.15) is 13.3 Å². The summed E-state index contributed by atoms with van der Waals surface area (Å²) in [7, 11) is 0. The first-order valence-electron chi connectivity index (χ1n) is 4.89. The molecule has 0 amide bonds. The molecule has 0 saturated heterocycles. The second kappa shape index (κ2) is 5.24. The number of rotatable bonds is 5. The summed E-state index contributed by atoms with van der Waals surface area (Å²) in [5.74, 6) is -1.86. The Morgan fingerprint density at radius 2 is 2.29 bits per heavy atom. The van der Waals surface area contributed by atoms with Crippen molar-refractivity contribution in [3.8, 4) is 0 Å². The van der Waals surface area contributed by atoms with Gasteiger partial charge in [0.05, 0.1) is 11.0 Å². The Bertz CT molecular complexity index is 450. The molecule has 0 saturated carbocycles. The van der Waals surface area contributed by atoms with Gasteiger partial charge >= 0.3 is 5.97 Å². The zero-order chi connectivity index (χ0) is 13.0. The van der Waals surface area contributed by atoms with Gasteiger partial charge in [-0.15, -0.1) is 0 Å². The monoisotopic (exact) mass is 242 g/mol. The number of anilines is 1. The number of nitrogens with one attached hydrogen (secondary N) is 1. The number of aliphatic carboxylic acids is 1. The molecule has 2 N–H and O–H groups in total. The fraction of sp³-hybridized carbons (Fsp3) is 0.300. The van der Waals surface area contributed by atoms with Crippen molar-refractivity contribution in [3.05, 3.63) is 34.1 Å². The van der Waals surface area contributed by atoms with Crippen molar-refractivity contribution in [1.82, 2.24) is 0 Å². The van der Waals surface area contributed by atoms with Crippen molar-refractivity contribution in [1.29, 1.82) is 0 Å². The summed E-state index contributed by atoms with van der Waals surface area (Å²) in [5.41, 5.74) is -0.490. The summed E-state index contributed by atoms with van der Waals surface area (Å²) >= 11 is 0. The SMILES string of the molecule is CC[C@@H](Nc1ccc(F)cc1[N+](=O)[O-])C(=O)O. The van der Waals surface area contributed by atoms with Crippen LogP contribution in [0.2, 0.25) is 0 Å². The lowest BCUT2D eigenvalue weighted by Crippen LogP contribution is -2.28. The Kier molecular flexibility index (Phi) is 3.97. The molecule has 0 aromatic heterocycles. The van der Waals surface area contributed by atoms with Crippen LogP contribution in [0.5, 0.6) is 0 Å². The average molecular weight is 242 g/mol. The third kappa shape index (κ3) is 3.13. The number of nitro groups is 1. The number of benzene rings is 1. The quantitative estimate of drug-likeness (QED) is 0.608. The summed E-state index contributed by atoms with van der Waals surface area (Å²) in [6.07, 6.45) is 0.254. The number of carboxylic acids is 1. The lowest BCUT2D eigenvalue weighted by Gasteiger charge is -2.13. The van der Waals surface area contributed by atoms with Crippen molar-refractivity contribution < 1.29 is 19.2 Å². The molecule has 6 nitrogen and oxygen atoms in total. The van der Waals surface area contributed by atoms with Crippen LogP contribution >= 0.6 is 0 Å². The molecule has 0 unspecified atom stereocenters. The number of hydrogen-bond donors (Lipinski definition) is 2. The van der Waals surface area contributed by atoms with Gasteiger partial charge in [-0.25, -0.2) is 9.18 Å². The van der Waals surface area contributed by atoms with Gasteiger partial charge in [-0.05, 0) is 18.6 Å². The van der Waals surface area contributed by atoms with Gasteiger partial charge in [0.15, 0.2) is 0 Å². The fourth-order valence-electron chi connectivity index (χ4n) is 1.30. The molecular formula is C10H11FN2O4. The van der Waals surface area contributed by atoms with Crippen LogP contribution in [0.4, 0.5) is 15.8 Å². The average Bonchev–Trinajstić information content (AvgIpc) is 2.26. The molecule has 1 aromatic carbocycles. The predicted octanol–water partition coefficient (Wildman–Crippen LogP) is 2.01. The van der Waals surface area contributed by atoms with E-state index in [2.05, 4.69) is 5.32 Å². The summed E-state index contributed by atoms with van der Waals surface area (Å²) in [6.45, 7) is 1.63. The number of nitrogens with zero attached hydrogens (tertiary/aromatic N) is 1. The highest BCUT2D eigenvalue weighted by atomic mass is 19.1. The molecule has 17 heavy (non-hydrogen) atoms. The zero-order valence-electron chi connectivity index (χ0n) is 9.01. The van der Waals surface area contributed by atoms with Crippen molar-refractivity contribution >= 4 is 17.3 Å². The first kappa shape index (κ1) is 12.9. The summed E-state index contributed by atoms with van der Waals surface area (Å²) in [6, 6.07) is 1.99. The second-order valence-corrected chi connectivity index (χ2v) is 3.36. The van der Waals surface area contributed by atoms with E-state index in [0.717, 1.165) is 18.2 Å². The van der Waals surface area contributed by atoms with Gasteiger partial charge in [0.25, 0.3) is 5.69 Å². The van der Waals surface area contributed by atoms with Crippen molar-refractivity contribution in [2.75, 3.05) is 5.32 Å². The van der Waals surface area contributed by atoms with Crippen molar-refractivity contribution in [2.45, 2.75) is 19.4 Å². The number of nitro benzene ring substituents is 1. The molecule has 7 heteroatoms. The molecule has 0 fully saturated rings. The minimum Gasteiger partial charge on any atom is -0.480 e. The van der Waals surface area contributed by atoms with Crippen LogP contribution in [0.15, 0.2) is 18.2 Å². The Labute approximate surface area is 96.2 Å². The highest BCUT2D eigenvalue weighted by molar-refractivity contribution is 5.78. The molecule has 1 atom stereocenters. The molecule has 0 aliphatic carbocycles. The van der Waals surface area contributed by atoms with E-state index in [-0.39, 0.29) is 12.1 Å². The van der Waals surface area contributed by atoms with Crippen LogP contribution < -0.4 is 5.32 Å². The van der Waals surface area contributed by atoms with Gasteiger partial charge in [0.2, 0.25) is 0 Å². The van der Waals surface area contributed by atoms with Gasteiger partial charge < -0.3 is 10.4 Å². The number of halogens is 1. The molecule has 0 heterocycles. The molecule has 0 aliphatic heterocycles. The molecular weight excluding hydrogens is 231 g/mol. The minimum absolute atomic E-state index is 0.00866. The lowest BCUT2D eigenvalue weighted by molar-refractivity contribution is -0.384. The van der Waals surface area contributed by atoms with Gasteiger partial charge in [0, 0.05) is 0 Å². The summed E-state index contributed by atoms with van der Waals surface area (Å²) in [5, 5.41) is 22.0. The summed E-state index contributed by atoms with van der Waals surface area (Å²) < 4.78 is 12.8. The van der Waals surface area contributed by atoms with Crippen LogP contribution in [0.3, 0.4) is 0 Å². The molecule has 92 valence electrons.